The molecule has 0 spiro atoms. The number of rotatable bonds is 1. The maximum atomic E-state index is 11.2. The third-order valence-corrected chi connectivity index (χ3v) is 4.89. The van der Waals surface area contributed by atoms with Crippen LogP contribution in [0.5, 0.6) is 0 Å². The summed E-state index contributed by atoms with van der Waals surface area (Å²) in [5.41, 5.74) is 2.39. The van der Waals surface area contributed by atoms with Crippen LogP contribution in [0.1, 0.15) is 56.7 Å². The molecule has 0 saturated heterocycles. The van der Waals surface area contributed by atoms with Gasteiger partial charge < -0.3 is 10.4 Å². The van der Waals surface area contributed by atoms with E-state index in [4.69, 9.17) is 0 Å². The highest BCUT2D eigenvalue weighted by Gasteiger charge is 2.45. The smallest absolute Gasteiger partial charge is 0.0846 e. The van der Waals surface area contributed by atoms with Crippen molar-refractivity contribution in [3.05, 3.63) is 35.4 Å². The van der Waals surface area contributed by atoms with Crippen LogP contribution in [-0.4, -0.2) is 17.3 Å². The first-order valence-corrected chi connectivity index (χ1v) is 7.54. The number of hydrogen-bond acceptors (Lipinski definition) is 2. The van der Waals surface area contributed by atoms with E-state index in [1.165, 1.54) is 17.5 Å². The minimum Gasteiger partial charge on any atom is -0.388 e. The van der Waals surface area contributed by atoms with Crippen molar-refractivity contribution in [3.63, 3.8) is 0 Å². The normalized spacial score (nSPS) is 33.7. The monoisotopic (exact) mass is 259 g/mol. The van der Waals surface area contributed by atoms with Gasteiger partial charge in [-0.15, -0.1) is 0 Å². The van der Waals surface area contributed by atoms with Gasteiger partial charge in [0.25, 0.3) is 0 Å². The predicted molar refractivity (Wildman–Crippen MR) is 78.1 cm³/mol. The molecule has 2 atom stereocenters. The molecule has 19 heavy (non-hydrogen) atoms. The molecular weight excluding hydrogens is 234 g/mol. The molecule has 3 rings (SSSR count). The molecule has 1 fully saturated rings. The Bertz CT molecular complexity index is 468. The SMILES string of the molecule is CC1(C)CCCC(O)(C2NCCc3ccccc32)C1. The Hall–Kier alpha value is -0.860. The van der Waals surface area contributed by atoms with Gasteiger partial charge in [-0.25, -0.2) is 0 Å². The molecule has 1 aliphatic heterocycles. The van der Waals surface area contributed by atoms with E-state index < -0.39 is 5.60 Å². The molecule has 2 aliphatic rings. The fraction of sp³-hybridized carbons (Fsp3) is 0.647. The van der Waals surface area contributed by atoms with Gasteiger partial charge in [0.1, 0.15) is 0 Å². The number of aliphatic hydroxyl groups is 1. The molecular formula is C17H25NO. The second-order valence-corrected chi connectivity index (χ2v) is 7.13. The van der Waals surface area contributed by atoms with Gasteiger partial charge in [0, 0.05) is 0 Å². The van der Waals surface area contributed by atoms with Crippen molar-refractivity contribution in [2.45, 2.75) is 57.6 Å². The minimum atomic E-state index is -0.585. The summed E-state index contributed by atoms with van der Waals surface area (Å²) in [6.07, 6.45) is 5.24. The molecule has 1 heterocycles. The van der Waals surface area contributed by atoms with Crippen LogP contribution < -0.4 is 5.32 Å². The van der Waals surface area contributed by atoms with Crippen molar-refractivity contribution in [2.24, 2.45) is 5.41 Å². The van der Waals surface area contributed by atoms with E-state index in [1.54, 1.807) is 0 Å². The number of benzene rings is 1. The lowest BCUT2D eigenvalue weighted by Crippen LogP contribution is -2.51. The van der Waals surface area contributed by atoms with Gasteiger partial charge in [-0.2, -0.15) is 0 Å². The lowest BCUT2D eigenvalue weighted by atomic mass is 9.65. The average Bonchev–Trinajstić information content (AvgIpc) is 2.36. The number of fused-ring (bicyclic) bond motifs is 1. The molecule has 2 heteroatoms. The maximum Gasteiger partial charge on any atom is 0.0846 e. The molecule has 1 aliphatic carbocycles. The van der Waals surface area contributed by atoms with E-state index in [2.05, 4.69) is 43.4 Å². The zero-order valence-corrected chi connectivity index (χ0v) is 12.1. The van der Waals surface area contributed by atoms with Gasteiger partial charge in [0.15, 0.2) is 0 Å². The molecule has 1 saturated carbocycles. The zero-order valence-electron chi connectivity index (χ0n) is 12.1. The van der Waals surface area contributed by atoms with Crippen LogP contribution in [0.15, 0.2) is 24.3 Å². The zero-order chi connectivity index (χ0) is 13.5. The van der Waals surface area contributed by atoms with Crippen molar-refractivity contribution in [1.82, 2.24) is 5.32 Å². The molecule has 2 nitrogen and oxygen atoms in total. The molecule has 2 N–H and O–H groups in total. The third kappa shape index (κ3) is 2.44. The summed E-state index contributed by atoms with van der Waals surface area (Å²) in [7, 11) is 0. The molecule has 0 radical (unpaired) electrons. The summed E-state index contributed by atoms with van der Waals surface area (Å²) in [5.74, 6) is 0. The first-order valence-electron chi connectivity index (χ1n) is 7.54. The second-order valence-electron chi connectivity index (χ2n) is 7.13. The lowest BCUT2D eigenvalue weighted by molar-refractivity contribution is -0.0692. The Kier molecular flexibility index (Phi) is 3.18. The molecule has 1 aromatic rings. The fourth-order valence-electron chi connectivity index (χ4n) is 4.11. The molecule has 0 amide bonds. The molecule has 1 aromatic carbocycles. The maximum absolute atomic E-state index is 11.2. The first kappa shape index (κ1) is 13.1. The average molecular weight is 259 g/mol. The van der Waals surface area contributed by atoms with Gasteiger partial charge in [0.05, 0.1) is 11.6 Å². The van der Waals surface area contributed by atoms with E-state index in [1.807, 2.05) is 0 Å². The summed E-state index contributed by atoms with van der Waals surface area (Å²) in [4.78, 5) is 0. The Morgan fingerprint density at radius 2 is 2.00 bits per heavy atom. The first-order chi connectivity index (χ1) is 9.00. The highest BCUT2D eigenvalue weighted by atomic mass is 16.3. The molecule has 2 unspecified atom stereocenters. The summed E-state index contributed by atoms with van der Waals surface area (Å²) in [5, 5.41) is 14.8. The molecule has 104 valence electrons. The van der Waals surface area contributed by atoms with Crippen LogP contribution in [-0.2, 0) is 6.42 Å². The lowest BCUT2D eigenvalue weighted by Gasteiger charge is -2.47. The Morgan fingerprint density at radius 1 is 1.21 bits per heavy atom. The minimum absolute atomic E-state index is 0.108. The summed E-state index contributed by atoms with van der Waals surface area (Å²) in [6, 6.07) is 8.70. The molecule has 0 aromatic heterocycles. The van der Waals surface area contributed by atoms with Gasteiger partial charge in [-0.3, -0.25) is 0 Å². The van der Waals surface area contributed by atoms with E-state index in [0.29, 0.717) is 0 Å². The van der Waals surface area contributed by atoms with Gasteiger partial charge in [-0.1, -0.05) is 38.1 Å². The van der Waals surface area contributed by atoms with Crippen molar-refractivity contribution in [2.75, 3.05) is 6.54 Å². The van der Waals surface area contributed by atoms with E-state index in [0.717, 1.165) is 32.2 Å². The topological polar surface area (TPSA) is 32.3 Å². The van der Waals surface area contributed by atoms with Crippen molar-refractivity contribution in [3.8, 4) is 0 Å². The van der Waals surface area contributed by atoms with Crippen molar-refractivity contribution in [1.29, 1.82) is 0 Å². The molecule has 0 bridgehead atoms. The van der Waals surface area contributed by atoms with Crippen LogP contribution in [0, 0.1) is 5.41 Å². The predicted octanol–water partition coefficient (Wildman–Crippen LogP) is 3.20. The third-order valence-electron chi connectivity index (χ3n) is 4.89. The van der Waals surface area contributed by atoms with Crippen LogP contribution in [0.25, 0.3) is 0 Å². The van der Waals surface area contributed by atoms with E-state index >= 15 is 0 Å². The van der Waals surface area contributed by atoms with Crippen LogP contribution >= 0.6 is 0 Å². The Balaban J connectivity index is 1.94. The Labute approximate surface area is 116 Å². The van der Waals surface area contributed by atoms with Gasteiger partial charge in [0.2, 0.25) is 0 Å². The highest BCUT2D eigenvalue weighted by molar-refractivity contribution is 5.34. The largest absolute Gasteiger partial charge is 0.388 e. The van der Waals surface area contributed by atoms with Crippen molar-refractivity contribution < 1.29 is 5.11 Å². The summed E-state index contributed by atoms with van der Waals surface area (Å²) in [6.45, 7) is 5.54. The van der Waals surface area contributed by atoms with Crippen LogP contribution in [0.2, 0.25) is 0 Å². The van der Waals surface area contributed by atoms with E-state index in [9.17, 15) is 5.11 Å². The van der Waals surface area contributed by atoms with Crippen LogP contribution in [0.3, 0.4) is 0 Å². The number of hydrogen-bond donors (Lipinski definition) is 2. The second kappa shape index (κ2) is 4.60. The summed E-state index contributed by atoms with van der Waals surface area (Å²) >= 11 is 0. The number of nitrogens with one attached hydrogen (secondary N) is 1. The van der Waals surface area contributed by atoms with Crippen LogP contribution in [0.4, 0.5) is 0 Å². The fourth-order valence-corrected chi connectivity index (χ4v) is 4.11. The summed E-state index contributed by atoms with van der Waals surface area (Å²) < 4.78 is 0. The standard InChI is InChI=1S/C17H25NO/c1-16(2)9-5-10-17(19,12-16)15-14-7-4-3-6-13(14)8-11-18-15/h3-4,6-7,15,18-19H,5,8-12H2,1-2H3. The van der Waals surface area contributed by atoms with Gasteiger partial charge >= 0.3 is 0 Å². The highest BCUT2D eigenvalue weighted by Crippen LogP contribution is 2.47. The van der Waals surface area contributed by atoms with Gasteiger partial charge in [-0.05, 0) is 55.2 Å². The van der Waals surface area contributed by atoms with E-state index in [-0.39, 0.29) is 11.5 Å². The quantitative estimate of drug-likeness (QED) is 0.811. The van der Waals surface area contributed by atoms with Crippen molar-refractivity contribution >= 4 is 0 Å². The Morgan fingerprint density at radius 3 is 2.79 bits per heavy atom.